The van der Waals surface area contributed by atoms with Crippen molar-refractivity contribution >= 4 is 48.6 Å². The Morgan fingerprint density at radius 1 is 0.357 bits per heavy atom. The van der Waals surface area contributed by atoms with Gasteiger partial charge in [0.1, 0.15) is 23.0 Å². The Morgan fingerprint density at radius 2 is 0.595 bits per heavy atom. The molecular weight excluding hydrogens is 532 g/mol. The highest BCUT2D eigenvalue weighted by atomic mass is 16.3. The quantitative estimate of drug-likeness (QED) is 0.191. The third-order valence-electron chi connectivity index (χ3n) is 5.71. The van der Waals surface area contributed by atoms with Crippen LogP contribution in [0.4, 0.5) is 0 Å². The van der Waals surface area contributed by atoms with Gasteiger partial charge in [-0.25, -0.2) is 9.97 Å². The molecule has 0 aliphatic heterocycles. The summed E-state index contributed by atoms with van der Waals surface area (Å²) < 4.78 is 0. The lowest BCUT2D eigenvalue weighted by Crippen LogP contribution is -2.00. The average molecular weight is 557 g/mol. The molecule has 5 aromatic rings. The summed E-state index contributed by atoms with van der Waals surface area (Å²) >= 11 is 0. The van der Waals surface area contributed by atoms with Crippen LogP contribution in [0.5, 0.6) is 23.0 Å². The molecule has 0 aromatic carbocycles. The van der Waals surface area contributed by atoms with E-state index in [-0.39, 0.29) is 23.0 Å². The lowest BCUT2D eigenvalue weighted by molar-refractivity contribution is 0.473. The normalized spacial score (nSPS) is 11.8. The van der Waals surface area contributed by atoms with Gasteiger partial charge in [0.2, 0.25) is 0 Å². The first kappa shape index (κ1) is 27.4. The summed E-state index contributed by atoms with van der Waals surface area (Å²) in [6, 6.07) is 12.0. The zero-order valence-electron chi connectivity index (χ0n) is 22.0. The fourth-order valence-electron chi connectivity index (χ4n) is 3.75. The molecule has 0 aliphatic carbocycles. The highest BCUT2D eigenvalue weighted by Crippen LogP contribution is 2.21. The molecule has 42 heavy (non-hydrogen) atoms. The van der Waals surface area contributed by atoms with Crippen LogP contribution < -0.4 is 0 Å². The Morgan fingerprint density at radius 3 is 0.810 bits per heavy atom. The van der Waals surface area contributed by atoms with Gasteiger partial charge in [-0.3, -0.25) is 19.9 Å². The van der Waals surface area contributed by atoms with Crippen molar-refractivity contribution < 1.29 is 20.4 Å². The monoisotopic (exact) mass is 556 g/mol. The van der Waals surface area contributed by atoms with Crippen LogP contribution in [0.3, 0.4) is 0 Å². The van der Waals surface area contributed by atoms with Gasteiger partial charge in [0.25, 0.3) is 0 Å². The number of nitrogens with zero attached hydrogens (tertiary/aromatic N) is 6. The number of aromatic hydroxyl groups is 4. The smallest absolute Gasteiger partial charge is 0.119 e. The lowest BCUT2D eigenvalue weighted by atomic mass is 10.1. The molecule has 0 spiro atoms. The van der Waals surface area contributed by atoms with Crippen LogP contribution in [-0.4, -0.2) is 50.3 Å². The fraction of sp³-hybridized carbons (Fsp3) is 0. The van der Waals surface area contributed by atoms with Gasteiger partial charge in [-0.2, -0.15) is 0 Å². The van der Waals surface area contributed by atoms with Gasteiger partial charge in [-0.05, 0) is 72.9 Å². The molecule has 0 saturated heterocycles. The maximum Gasteiger partial charge on any atom is 0.119 e. The third-order valence-corrected chi connectivity index (χ3v) is 5.71. The second kappa shape index (κ2) is 12.8. The molecule has 0 radical (unpaired) electrons. The SMILES string of the molecule is Oc1ccnc(C=Cc2nc(C=Cc3cc(O)ccn3)c(C=Cc3cc(O)ccn3)nc2C=Cc2cc(O)ccn2)c1. The molecule has 0 aliphatic rings. The molecule has 10 heteroatoms. The van der Waals surface area contributed by atoms with Crippen molar-refractivity contribution in [3.05, 3.63) is 119 Å². The van der Waals surface area contributed by atoms with E-state index >= 15 is 0 Å². The average Bonchev–Trinajstić information content (AvgIpc) is 2.97. The van der Waals surface area contributed by atoms with E-state index < -0.39 is 0 Å². The first-order valence-electron chi connectivity index (χ1n) is 12.7. The van der Waals surface area contributed by atoms with E-state index in [2.05, 4.69) is 19.9 Å². The van der Waals surface area contributed by atoms with E-state index in [4.69, 9.17) is 9.97 Å². The molecule has 4 N–H and O–H groups in total. The Kier molecular flexibility index (Phi) is 8.35. The van der Waals surface area contributed by atoms with Crippen LogP contribution in [0.25, 0.3) is 48.6 Å². The van der Waals surface area contributed by atoms with Gasteiger partial charge in [0.15, 0.2) is 0 Å². The van der Waals surface area contributed by atoms with Crippen LogP contribution >= 0.6 is 0 Å². The molecule has 10 nitrogen and oxygen atoms in total. The summed E-state index contributed by atoms with van der Waals surface area (Å²) in [7, 11) is 0. The summed E-state index contributed by atoms with van der Waals surface area (Å²) in [6.45, 7) is 0. The highest BCUT2D eigenvalue weighted by Gasteiger charge is 2.09. The summed E-state index contributed by atoms with van der Waals surface area (Å²) in [5, 5.41) is 39.4. The molecule has 206 valence electrons. The molecule has 5 aromatic heterocycles. The highest BCUT2D eigenvalue weighted by molar-refractivity contribution is 5.80. The number of rotatable bonds is 8. The number of pyridine rings is 4. The van der Waals surface area contributed by atoms with Gasteiger partial charge < -0.3 is 20.4 Å². The minimum atomic E-state index is 0.0779. The largest absolute Gasteiger partial charge is 0.508 e. The number of hydrogen-bond acceptors (Lipinski definition) is 10. The van der Waals surface area contributed by atoms with Crippen molar-refractivity contribution in [3.63, 3.8) is 0 Å². The molecule has 0 bridgehead atoms. The minimum Gasteiger partial charge on any atom is -0.508 e. The maximum atomic E-state index is 9.84. The maximum absolute atomic E-state index is 9.84. The van der Waals surface area contributed by atoms with Crippen LogP contribution in [0.15, 0.2) is 73.3 Å². The first-order chi connectivity index (χ1) is 20.4. The molecule has 0 atom stereocenters. The molecule has 0 amide bonds. The van der Waals surface area contributed by atoms with Crippen molar-refractivity contribution in [1.82, 2.24) is 29.9 Å². The third kappa shape index (κ3) is 7.48. The molecule has 0 fully saturated rings. The van der Waals surface area contributed by atoms with Gasteiger partial charge in [-0.15, -0.1) is 0 Å². The molecule has 5 heterocycles. The topological polar surface area (TPSA) is 158 Å². The summed E-state index contributed by atoms with van der Waals surface area (Å²) in [5.74, 6) is 0.311. The second-order valence-electron chi connectivity index (χ2n) is 8.85. The molecular formula is C32H24N6O4. The Hall–Kier alpha value is -6.16. The summed E-state index contributed by atoms with van der Waals surface area (Å²) in [4.78, 5) is 26.7. The zero-order chi connectivity index (χ0) is 29.3. The lowest BCUT2D eigenvalue weighted by Gasteiger charge is -2.07. The first-order valence-corrected chi connectivity index (χ1v) is 12.7. The van der Waals surface area contributed by atoms with Gasteiger partial charge in [-0.1, -0.05) is 0 Å². The van der Waals surface area contributed by atoms with Gasteiger partial charge in [0, 0.05) is 49.1 Å². The van der Waals surface area contributed by atoms with Crippen LogP contribution in [0.1, 0.15) is 45.6 Å². The van der Waals surface area contributed by atoms with Crippen LogP contribution in [-0.2, 0) is 0 Å². The van der Waals surface area contributed by atoms with Crippen molar-refractivity contribution in [2.45, 2.75) is 0 Å². The molecule has 5 rings (SSSR count). The molecule has 0 saturated carbocycles. The summed E-state index contributed by atoms with van der Waals surface area (Å²) in [6.07, 6.45) is 19.7. The number of hydrogen-bond donors (Lipinski definition) is 4. The predicted octanol–water partition coefficient (Wildman–Crippen LogP) is 5.56. The number of aromatic nitrogens is 6. The van der Waals surface area contributed by atoms with Crippen molar-refractivity contribution in [3.8, 4) is 23.0 Å². The fourth-order valence-corrected chi connectivity index (χ4v) is 3.75. The summed E-state index contributed by atoms with van der Waals surface area (Å²) in [5.41, 5.74) is 3.98. The van der Waals surface area contributed by atoms with Crippen molar-refractivity contribution in [2.75, 3.05) is 0 Å². The van der Waals surface area contributed by atoms with Crippen molar-refractivity contribution in [1.29, 1.82) is 0 Å². The predicted molar refractivity (Wildman–Crippen MR) is 161 cm³/mol. The standard InChI is InChI=1S/C32H24N6O4/c39-25-9-13-33-21(17-25)1-5-29-30(6-2-22-18-26(40)10-14-34-22)38-32(8-4-24-20-28(42)12-16-36-24)31(37-29)7-3-23-19-27(41)11-15-35-23/h1-20H,(H,33,39)(H,34,40)(H,35,41)(H,36,42). The van der Waals surface area contributed by atoms with Gasteiger partial charge in [0.05, 0.1) is 45.6 Å². The minimum absolute atomic E-state index is 0.0779. The van der Waals surface area contributed by atoms with E-state index in [1.54, 1.807) is 48.6 Å². The van der Waals surface area contributed by atoms with E-state index in [9.17, 15) is 20.4 Å². The van der Waals surface area contributed by atoms with Crippen molar-refractivity contribution in [2.24, 2.45) is 0 Å². The Bertz CT molecular complexity index is 1590. The van der Waals surface area contributed by atoms with E-state index in [0.29, 0.717) is 45.6 Å². The Labute approximate surface area is 240 Å². The van der Waals surface area contributed by atoms with Crippen LogP contribution in [0.2, 0.25) is 0 Å². The van der Waals surface area contributed by atoms with E-state index in [1.165, 1.54) is 73.3 Å². The second-order valence-corrected chi connectivity index (χ2v) is 8.85. The zero-order valence-corrected chi connectivity index (χ0v) is 22.0. The van der Waals surface area contributed by atoms with E-state index in [1.807, 2.05) is 0 Å². The Balaban J connectivity index is 1.63. The van der Waals surface area contributed by atoms with Gasteiger partial charge >= 0.3 is 0 Å². The molecule has 0 unspecified atom stereocenters. The van der Waals surface area contributed by atoms with Crippen LogP contribution in [0, 0.1) is 0 Å². The van der Waals surface area contributed by atoms with E-state index in [0.717, 1.165) is 0 Å².